The SMILES string of the molecule is N=C(c1ccc(F)cc1)c1ccc(OC(=O)c2ccccc2)cc1. The van der Waals surface area contributed by atoms with Gasteiger partial charge in [-0.15, -0.1) is 0 Å². The predicted molar refractivity (Wildman–Crippen MR) is 90.2 cm³/mol. The van der Waals surface area contributed by atoms with Gasteiger partial charge in [-0.3, -0.25) is 5.41 Å². The van der Waals surface area contributed by atoms with Crippen molar-refractivity contribution in [1.29, 1.82) is 5.41 Å². The van der Waals surface area contributed by atoms with E-state index in [1.807, 2.05) is 6.07 Å². The number of esters is 1. The largest absolute Gasteiger partial charge is 0.423 e. The third kappa shape index (κ3) is 3.55. The minimum absolute atomic E-state index is 0.274. The van der Waals surface area contributed by atoms with Gasteiger partial charge in [-0.05, 0) is 60.7 Å². The molecule has 1 N–H and O–H groups in total. The van der Waals surface area contributed by atoms with E-state index >= 15 is 0 Å². The maximum absolute atomic E-state index is 12.9. The van der Waals surface area contributed by atoms with Crippen LogP contribution in [0.3, 0.4) is 0 Å². The van der Waals surface area contributed by atoms with Crippen LogP contribution in [0.5, 0.6) is 5.75 Å². The average molecular weight is 319 g/mol. The topological polar surface area (TPSA) is 50.1 Å². The van der Waals surface area contributed by atoms with Gasteiger partial charge in [-0.1, -0.05) is 18.2 Å². The number of hydrogen-bond donors (Lipinski definition) is 1. The minimum atomic E-state index is -0.433. The zero-order valence-corrected chi connectivity index (χ0v) is 12.7. The summed E-state index contributed by atoms with van der Waals surface area (Å²) in [7, 11) is 0. The molecule has 0 amide bonds. The molecule has 24 heavy (non-hydrogen) atoms. The highest BCUT2D eigenvalue weighted by Crippen LogP contribution is 2.17. The van der Waals surface area contributed by atoms with E-state index in [0.29, 0.717) is 22.4 Å². The molecule has 0 spiro atoms. The van der Waals surface area contributed by atoms with Gasteiger partial charge in [-0.2, -0.15) is 0 Å². The van der Waals surface area contributed by atoms with Crippen LogP contribution in [0.2, 0.25) is 0 Å². The molecule has 3 aromatic rings. The van der Waals surface area contributed by atoms with E-state index in [1.165, 1.54) is 12.1 Å². The molecule has 0 aliphatic carbocycles. The Morgan fingerprint density at radius 2 is 1.29 bits per heavy atom. The summed E-state index contributed by atoms with van der Waals surface area (Å²) in [6.07, 6.45) is 0. The zero-order chi connectivity index (χ0) is 16.9. The maximum Gasteiger partial charge on any atom is 0.343 e. The molecule has 0 aromatic heterocycles. The molecular formula is C20H14FNO2. The summed E-state index contributed by atoms with van der Waals surface area (Å²) in [5, 5.41) is 8.16. The monoisotopic (exact) mass is 319 g/mol. The molecule has 118 valence electrons. The van der Waals surface area contributed by atoms with E-state index in [2.05, 4.69) is 0 Å². The molecule has 0 aliphatic heterocycles. The average Bonchev–Trinajstić information content (AvgIpc) is 2.63. The summed E-state index contributed by atoms with van der Waals surface area (Å²) in [5.74, 6) is -0.369. The highest BCUT2D eigenvalue weighted by atomic mass is 19.1. The molecule has 0 atom stereocenters. The van der Waals surface area contributed by atoms with Crippen LogP contribution in [-0.2, 0) is 0 Å². The Hall–Kier alpha value is -3.27. The fourth-order valence-electron chi connectivity index (χ4n) is 2.21. The van der Waals surface area contributed by atoms with E-state index in [1.54, 1.807) is 60.7 Å². The Balaban J connectivity index is 1.72. The second-order valence-corrected chi connectivity index (χ2v) is 5.16. The molecule has 0 radical (unpaired) electrons. The van der Waals surface area contributed by atoms with E-state index < -0.39 is 5.97 Å². The predicted octanol–water partition coefficient (Wildman–Crippen LogP) is 4.46. The van der Waals surface area contributed by atoms with Gasteiger partial charge in [0.05, 0.1) is 11.3 Å². The maximum atomic E-state index is 12.9. The number of carbonyl (C=O) groups is 1. The van der Waals surface area contributed by atoms with E-state index in [-0.39, 0.29) is 11.5 Å². The van der Waals surface area contributed by atoms with Gasteiger partial charge in [-0.25, -0.2) is 9.18 Å². The van der Waals surface area contributed by atoms with Gasteiger partial charge in [0.2, 0.25) is 0 Å². The Kier molecular flexibility index (Phi) is 4.47. The zero-order valence-electron chi connectivity index (χ0n) is 12.7. The first-order valence-electron chi connectivity index (χ1n) is 7.35. The molecule has 3 rings (SSSR count). The lowest BCUT2D eigenvalue weighted by atomic mass is 10.0. The molecule has 3 aromatic carbocycles. The van der Waals surface area contributed by atoms with Crippen LogP contribution in [0.1, 0.15) is 21.5 Å². The van der Waals surface area contributed by atoms with Crippen LogP contribution in [0.25, 0.3) is 0 Å². The normalized spacial score (nSPS) is 10.2. The minimum Gasteiger partial charge on any atom is -0.423 e. The second-order valence-electron chi connectivity index (χ2n) is 5.16. The van der Waals surface area contributed by atoms with E-state index in [0.717, 1.165) is 0 Å². The lowest BCUT2D eigenvalue weighted by Crippen LogP contribution is -2.08. The quantitative estimate of drug-likeness (QED) is 0.438. The van der Waals surface area contributed by atoms with E-state index in [4.69, 9.17) is 10.1 Å². The van der Waals surface area contributed by atoms with Crippen LogP contribution in [0.15, 0.2) is 78.9 Å². The van der Waals surface area contributed by atoms with Crippen molar-refractivity contribution in [2.75, 3.05) is 0 Å². The number of carbonyl (C=O) groups excluding carboxylic acids is 1. The molecule has 0 saturated heterocycles. The molecule has 3 nitrogen and oxygen atoms in total. The summed E-state index contributed by atoms with van der Waals surface area (Å²) < 4.78 is 18.2. The van der Waals surface area contributed by atoms with Gasteiger partial charge < -0.3 is 4.74 Å². The number of rotatable bonds is 4. The lowest BCUT2D eigenvalue weighted by molar-refractivity contribution is 0.0735. The molecule has 0 heterocycles. The van der Waals surface area contributed by atoms with Crippen molar-refractivity contribution in [3.8, 4) is 5.75 Å². The van der Waals surface area contributed by atoms with Crippen molar-refractivity contribution in [2.45, 2.75) is 0 Å². The van der Waals surface area contributed by atoms with Crippen molar-refractivity contribution in [2.24, 2.45) is 0 Å². The summed E-state index contributed by atoms with van der Waals surface area (Å²) >= 11 is 0. The van der Waals surface area contributed by atoms with Crippen molar-refractivity contribution in [3.05, 3.63) is 101 Å². The van der Waals surface area contributed by atoms with Gasteiger partial charge in [0.1, 0.15) is 11.6 Å². The van der Waals surface area contributed by atoms with Crippen LogP contribution in [-0.4, -0.2) is 11.7 Å². The van der Waals surface area contributed by atoms with Crippen LogP contribution in [0, 0.1) is 11.2 Å². The molecule has 0 fully saturated rings. The summed E-state index contributed by atoms with van der Waals surface area (Å²) in [5.41, 5.74) is 2.02. The smallest absolute Gasteiger partial charge is 0.343 e. The number of hydrogen-bond acceptors (Lipinski definition) is 3. The number of nitrogens with one attached hydrogen (secondary N) is 1. The highest BCUT2D eigenvalue weighted by Gasteiger charge is 2.09. The fraction of sp³-hybridized carbons (Fsp3) is 0. The van der Waals surface area contributed by atoms with Crippen molar-refractivity contribution in [3.63, 3.8) is 0 Å². The second kappa shape index (κ2) is 6.87. The Bertz CT molecular complexity index is 856. The van der Waals surface area contributed by atoms with Crippen molar-refractivity contribution < 1.29 is 13.9 Å². The Morgan fingerprint density at radius 1 is 0.750 bits per heavy atom. The van der Waals surface area contributed by atoms with Crippen molar-refractivity contribution >= 4 is 11.7 Å². The molecular weight excluding hydrogens is 305 g/mol. The van der Waals surface area contributed by atoms with Crippen LogP contribution >= 0.6 is 0 Å². The molecule has 0 saturated carbocycles. The third-order valence-electron chi connectivity index (χ3n) is 3.50. The fourth-order valence-corrected chi connectivity index (χ4v) is 2.21. The highest BCUT2D eigenvalue weighted by molar-refractivity contribution is 6.10. The van der Waals surface area contributed by atoms with Crippen LogP contribution in [0.4, 0.5) is 4.39 Å². The number of benzene rings is 3. The van der Waals surface area contributed by atoms with Gasteiger partial charge in [0, 0.05) is 11.1 Å². The molecule has 0 unspecified atom stereocenters. The van der Waals surface area contributed by atoms with Gasteiger partial charge in [0.25, 0.3) is 0 Å². The van der Waals surface area contributed by atoms with Crippen LogP contribution < -0.4 is 4.74 Å². The first-order chi connectivity index (χ1) is 11.6. The number of ether oxygens (including phenoxy) is 1. The van der Waals surface area contributed by atoms with Gasteiger partial charge >= 0.3 is 5.97 Å². The number of halogens is 1. The Morgan fingerprint density at radius 3 is 1.88 bits per heavy atom. The summed E-state index contributed by atoms with van der Waals surface area (Å²) in [6, 6.07) is 21.1. The molecule has 0 aliphatic rings. The standard InChI is InChI=1S/C20H14FNO2/c21-17-10-6-14(7-11-17)19(22)15-8-12-18(13-9-15)24-20(23)16-4-2-1-3-5-16/h1-13,22H. The first-order valence-corrected chi connectivity index (χ1v) is 7.35. The first kappa shape index (κ1) is 15.6. The van der Waals surface area contributed by atoms with E-state index in [9.17, 15) is 9.18 Å². The third-order valence-corrected chi connectivity index (χ3v) is 3.50. The summed E-state index contributed by atoms with van der Waals surface area (Å²) in [6.45, 7) is 0. The molecule has 4 heteroatoms. The Labute approximate surface area is 138 Å². The van der Waals surface area contributed by atoms with Gasteiger partial charge in [0.15, 0.2) is 0 Å². The summed E-state index contributed by atoms with van der Waals surface area (Å²) in [4.78, 5) is 12.0. The lowest BCUT2D eigenvalue weighted by Gasteiger charge is -2.07. The van der Waals surface area contributed by atoms with Crippen molar-refractivity contribution in [1.82, 2.24) is 0 Å². The molecule has 0 bridgehead atoms.